The minimum absolute atomic E-state index is 0.796. The van der Waals surface area contributed by atoms with Gasteiger partial charge in [-0.25, -0.2) is 5.43 Å². The second kappa shape index (κ2) is 5.65. The predicted molar refractivity (Wildman–Crippen MR) is 46.7 cm³/mol. The first-order valence-electron chi connectivity index (χ1n) is 3.70. The third-order valence-electron chi connectivity index (χ3n) is 1.53. The second-order valence-corrected chi connectivity index (χ2v) is 2.07. The number of nitroso groups, excluding NO2 is 1. The van der Waals surface area contributed by atoms with Gasteiger partial charge in [-0.05, 0) is 25.8 Å². The lowest BCUT2D eigenvalue weighted by molar-refractivity contribution is 0.860. The van der Waals surface area contributed by atoms with E-state index in [-0.39, 0.29) is 0 Å². The molecule has 0 aliphatic heterocycles. The lowest BCUT2D eigenvalue weighted by atomic mass is 10.1. The molecule has 0 bridgehead atoms. The van der Waals surface area contributed by atoms with Crippen molar-refractivity contribution in [1.29, 1.82) is 0 Å². The molecule has 0 rings (SSSR count). The van der Waals surface area contributed by atoms with Gasteiger partial charge in [0.1, 0.15) is 0 Å². The minimum Gasteiger partial charge on any atom is -0.242 e. The summed E-state index contributed by atoms with van der Waals surface area (Å²) in [5.41, 5.74) is 4.30. The van der Waals surface area contributed by atoms with Gasteiger partial charge in [-0.1, -0.05) is 19.1 Å². The average molecular weight is 154 g/mol. The minimum atomic E-state index is 0.796. The van der Waals surface area contributed by atoms with Crippen LogP contribution >= 0.6 is 0 Å². The van der Waals surface area contributed by atoms with Crippen molar-refractivity contribution >= 4 is 0 Å². The summed E-state index contributed by atoms with van der Waals surface area (Å²) in [7, 11) is 0. The molecule has 0 aliphatic carbocycles. The Kier molecular flexibility index (Phi) is 5.07. The van der Waals surface area contributed by atoms with E-state index in [0.717, 1.165) is 17.7 Å². The molecule has 0 radical (unpaired) electrons. The quantitative estimate of drug-likeness (QED) is 0.384. The summed E-state index contributed by atoms with van der Waals surface area (Å²) in [4.78, 5) is 9.88. The van der Waals surface area contributed by atoms with E-state index < -0.39 is 0 Å². The van der Waals surface area contributed by atoms with Crippen LogP contribution in [0.5, 0.6) is 0 Å². The zero-order valence-corrected chi connectivity index (χ0v) is 7.22. The summed E-state index contributed by atoms with van der Waals surface area (Å²) in [6.07, 6.45) is 4.70. The van der Waals surface area contributed by atoms with Crippen LogP contribution in [0.15, 0.2) is 28.7 Å². The third-order valence-corrected chi connectivity index (χ3v) is 1.53. The SMILES string of the molecule is C/C=C(CC)\C(=C/C)NN=O. The zero-order valence-electron chi connectivity index (χ0n) is 7.22. The Hall–Kier alpha value is -1.12. The zero-order chi connectivity index (χ0) is 8.69. The van der Waals surface area contributed by atoms with Crippen molar-refractivity contribution in [3.8, 4) is 0 Å². The summed E-state index contributed by atoms with van der Waals surface area (Å²) in [6.45, 7) is 5.84. The third kappa shape index (κ3) is 2.98. The van der Waals surface area contributed by atoms with Gasteiger partial charge in [-0.2, -0.15) is 0 Å². The maximum atomic E-state index is 9.88. The number of allylic oxidation sites excluding steroid dienone is 3. The molecule has 0 aromatic carbocycles. The van der Waals surface area contributed by atoms with Gasteiger partial charge in [0.2, 0.25) is 0 Å². The molecule has 0 heterocycles. The van der Waals surface area contributed by atoms with E-state index in [9.17, 15) is 4.91 Å². The Balaban J connectivity index is 4.36. The molecule has 0 amide bonds. The van der Waals surface area contributed by atoms with Crippen LogP contribution < -0.4 is 5.43 Å². The maximum Gasteiger partial charge on any atom is 0.0580 e. The van der Waals surface area contributed by atoms with Gasteiger partial charge >= 0.3 is 0 Å². The molecule has 0 fully saturated rings. The van der Waals surface area contributed by atoms with Crippen molar-refractivity contribution in [2.75, 3.05) is 0 Å². The van der Waals surface area contributed by atoms with Gasteiger partial charge in [-0.15, -0.1) is 4.91 Å². The fraction of sp³-hybridized carbons (Fsp3) is 0.500. The van der Waals surface area contributed by atoms with Crippen molar-refractivity contribution < 1.29 is 0 Å². The van der Waals surface area contributed by atoms with Crippen molar-refractivity contribution in [3.05, 3.63) is 28.3 Å². The van der Waals surface area contributed by atoms with E-state index in [1.165, 1.54) is 0 Å². The molecular weight excluding hydrogens is 140 g/mol. The van der Waals surface area contributed by atoms with Crippen LogP contribution in [0.4, 0.5) is 0 Å². The predicted octanol–water partition coefficient (Wildman–Crippen LogP) is 2.52. The largest absolute Gasteiger partial charge is 0.242 e. The van der Waals surface area contributed by atoms with Crippen LogP contribution in [0, 0.1) is 4.91 Å². The Morgan fingerprint density at radius 2 is 2.09 bits per heavy atom. The number of nitrogens with one attached hydrogen (secondary N) is 1. The first-order chi connectivity index (χ1) is 5.29. The van der Waals surface area contributed by atoms with Gasteiger partial charge in [0.15, 0.2) is 0 Å². The molecule has 0 unspecified atom stereocenters. The number of nitrogens with zero attached hydrogens (tertiary/aromatic N) is 1. The van der Waals surface area contributed by atoms with E-state index in [2.05, 4.69) is 10.7 Å². The lowest BCUT2D eigenvalue weighted by Gasteiger charge is -2.05. The summed E-state index contributed by atoms with van der Waals surface area (Å²) < 4.78 is 0. The molecular formula is C8H14N2O. The molecule has 0 atom stereocenters. The Bertz CT molecular complexity index is 183. The highest BCUT2D eigenvalue weighted by molar-refractivity contribution is 5.27. The Labute approximate surface area is 67.1 Å². The molecule has 1 N–H and O–H groups in total. The standard InChI is InChI=1S/C8H14N2O/c1-4-7(5-2)8(6-3)9-10-11/h4,6H,5H2,1-3H3,(H,9,11)/b7-4-,8-6+. The Morgan fingerprint density at radius 3 is 2.36 bits per heavy atom. The summed E-state index contributed by atoms with van der Waals surface area (Å²) in [5, 5.41) is 2.61. The molecule has 0 saturated heterocycles. The summed E-state index contributed by atoms with van der Waals surface area (Å²) in [6, 6.07) is 0. The molecule has 0 aromatic heterocycles. The Morgan fingerprint density at radius 1 is 1.45 bits per heavy atom. The first kappa shape index (κ1) is 9.88. The summed E-state index contributed by atoms with van der Waals surface area (Å²) >= 11 is 0. The van der Waals surface area contributed by atoms with Gasteiger partial charge in [-0.3, -0.25) is 0 Å². The van der Waals surface area contributed by atoms with E-state index in [0.29, 0.717) is 0 Å². The van der Waals surface area contributed by atoms with Crippen LogP contribution in [-0.2, 0) is 0 Å². The normalized spacial score (nSPS) is 13.0. The molecule has 0 aromatic rings. The van der Waals surface area contributed by atoms with Crippen LogP contribution in [0.25, 0.3) is 0 Å². The second-order valence-electron chi connectivity index (χ2n) is 2.07. The molecule has 62 valence electrons. The van der Waals surface area contributed by atoms with Gasteiger partial charge in [0, 0.05) is 0 Å². The molecule has 0 aliphatic rings. The van der Waals surface area contributed by atoms with E-state index in [1.807, 2.05) is 32.9 Å². The van der Waals surface area contributed by atoms with Crippen LogP contribution in [0.1, 0.15) is 27.2 Å². The van der Waals surface area contributed by atoms with Crippen LogP contribution in [-0.4, -0.2) is 0 Å². The molecule has 0 saturated carbocycles. The van der Waals surface area contributed by atoms with Crippen LogP contribution in [0.2, 0.25) is 0 Å². The molecule has 0 spiro atoms. The molecule has 3 nitrogen and oxygen atoms in total. The van der Waals surface area contributed by atoms with Crippen molar-refractivity contribution in [2.45, 2.75) is 27.2 Å². The monoisotopic (exact) mass is 154 g/mol. The highest BCUT2D eigenvalue weighted by Gasteiger charge is 1.98. The smallest absolute Gasteiger partial charge is 0.0580 e. The van der Waals surface area contributed by atoms with Gasteiger partial charge in [0.25, 0.3) is 0 Å². The van der Waals surface area contributed by atoms with Crippen molar-refractivity contribution in [2.24, 2.45) is 5.29 Å². The highest BCUT2D eigenvalue weighted by Crippen LogP contribution is 2.10. The van der Waals surface area contributed by atoms with Crippen molar-refractivity contribution in [1.82, 2.24) is 5.43 Å². The van der Waals surface area contributed by atoms with Gasteiger partial charge in [0.05, 0.1) is 11.0 Å². The lowest BCUT2D eigenvalue weighted by Crippen LogP contribution is -2.05. The fourth-order valence-corrected chi connectivity index (χ4v) is 0.921. The molecule has 11 heavy (non-hydrogen) atoms. The van der Waals surface area contributed by atoms with Gasteiger partial charge < -0.3 is 0 Å². The van der Waals surface area contributed by atoms with Crippen LogP contribution in [0.3, 0.4) is 0 Å². The maximum absolute atomic E-state index is 9.88. The molecule has 3 heteroatoms. The fourth-order valence-electron chi connectivity index (χ4n) is 0.921. The first-order valence-corrected chi connectivity index (χ1v) is 3.70. The van der Waals surface area contributed by atoms with E-state index in [1.54, 1.807) is 0 Å². The number of hydrogen-bond donors (Lipinski definition) is 1. The number of rotatable bonds is 4. The summed E-state index contributed by atoms with van der Waals surface area (Å²) in [5.74, 6) is 0. The van der Waals surface area contributed by atoms with E-state index in [4.69, 9.17) is 0 Å². The topological polar surface area (TPSA) is 41.5 Å². The highest BCUT2D eigenvalue weighted by atomic mass is 16.3. The van der Waals surface area contributed by atoms with Crippen molar-refractivity contribution in [3.63, 3.8) is 0 Å². The number of hydrogen-bond acceptors (Lipinski definition) is 2. The average Bonchev–Trinajstić information content (AvgIpc) is 2.05. The van der Waals surface area contributed by atoms with E-state index >= 15 is 0 Å².